The predicted octanol–water partition coefficient (Wildman–Crippen LogP) is 3.47. The molecule has 0 radical (unpaired) electrons. The van der Waals surface area contributed by atoms with E-state index in [1.165, 1.54) is 6.92 Å². The number of hydrogen-bond acceptors (Lipinski definition) is 6. The minimum Gasteiger partial charge on any atom is -0.461 e. The number of anilines is 1. The van der Waals surface area contributed by atoms with Gasteiger partial charge in [0.2, 0.25) is 0 Å². The van der Waals surface area contributed by atoms with Gasteiger partial charge >= 0.3 is 12.1 Å². The number of esters is 1. The second-order valence-electron chi connectivity index (χ2n) is 5.25. The summed E-state index contributed by atoms with van der Waals surface area (Å²) >= 11 is 8.90. The molecule has 0 atom stereocenters. The highest BCUT2D eigenvalue weighted by Crippen LogP contribution is 2.39. The van der Waals surface area contributed by atoms with E-state index >= 15 is 0 Å². The van der Waals surface area contributed by atoms with Crippen LogP contribution in [0.25, 0.3) is 5.69 Å². The fraction of sp³-hybridized carbons (Fsp3) is 0.286. The first-order valence-corrected chi connectivity index (χ1v) is 10.2. The summed E-state index contributed by atoms with van der Waals surface area (Å²) in [6.45, 7) is 1.45. The Balaban J connectivity index is 2.80. The molecule has 0 aliphatic carbocycles. The molecule has 0 saturated heterocycles. The molecule has 0 unspecified atom stereocenters. The molecule has 2 N–H and O–H groups in total. The quantitative estimate of drug-likeness (QED) is 0.658. The lowest BCUT2D eigenvalue weighted by molar-refractivity contribution is -0.137. The Labute approximate surface area is 165 Å². The number of nitrogen functional groups attached to an aromatic ring is 1. The Morgan fingerprint density at radius 3 is 2.44 bits per heavy atom. The van der Waals surface area contributed by atoms with E-state index in [1.54, 1.807) is 0 Å². The van der Waals surface area contributed by atoms with Crippen molar-refractivity contribution in [1.82, 2.24) is 9.78 Å². The van der Waals surface area contributed by atoms with Gasteiger partial charge in [0.1, 0.15) is 10.7 Å². The third kappa shape index (κ3) is 4.22. The molecular formula is C14H12BrClF3N3O4S. The molecule has 13 heteroatoms. The van der Waals surface area contributed by atoms with Gasteiger partial charge in [0.15, 0.2) is 15.5 Å². The number of rotatable bonds is 4. The number of nitrogens with two attached hydrogens (primary N) is 1. The van der Waals surface area contributed by atoms with Crippen LogP contribution in [-0.2, 0) is 20.8 Å². The van der Waals surface area contributed by atoms with Crippen LogP contribution in [-0.4, -0.2) is 37.0 Å². The molecule has 0 aliphatic rings. The molecule has 7 nitrogen and oxygen atoms in total. The van der Waals surface area contributed by atoms with Crippen LogP contribution in [0, 0.1) is 0 Å². The number of alkyl halides is 3. The second kappa shape index (κ2) is 7.32. The van der Waals surface area contributed by atoms with Crippen molar-refractivity contribution < 1.29 is 31.1 Å². The topological polar surface area (TPSA) is 104 Å². The maximum absolute atomic E-state index is 12.9. The van der Waals surface area contributed by atoms with E-state index in [2.05, 4.69) is 21.0 Å². The van der Waals surface area contributed by atoms with E-state index in [0.29, 0.717) is 6.07 Å². The maximum atomic E-state index is 12.9. The number of halogens is 5. The number of carbonyl (C=O) groups excluding carboxylic acids is 1. The van der Waals surface area contributed by atoms with Crippen molar-refractivity contribution >= 4 is 49.2 Å². The van der Waals surface area contributed by atoms with Gasteiger partial charge in [0.25, 0.3) is 0 Å². The molecule has 1 heterocycles. The molecule has 2 rings (SSSR count). The Kier molecular flexibility index (Phi) is 5.83. The molecule has 0 saturated carbocycles. The Hall–Kier alpha value is -1.79. The lowest BCUT2D eigenvalue weighted by atomic mass is 10.2. The van der Waals surface area contributed by atoms with Crippen LogP contribution in [0.4, 0.5) is 19.0 Å². The SMILES string of the molecule is CCOC(=O)c1nn(-c2c(Cl)cc(C(F)(F)F)cc2Br)c(N)c1S(C)(=O)=O. The van der Waals surface area contributed by atoms with Crippen molar-refractivity contribution in [2.24, 2.45) is 0 Å². The number of sulfone groups is 1. The van der Waals surface area contributed by atoms with Gasteiger partial charge in [-0.3, -0.25) is 0 Å². The van der Waals surface area contributed by atoms with E-state index in [1.807, 2.05) is 0 Å². The third-order valence-electron chi connectivity index (χ3n) is 3.27. The summed E-state index contributed by atoms with van der Waals surface area (Å²) in [5.41, 5.74) is 4.03. The number of nitrogens with zero attached hydrogens (tertiary/aromatic N) is 2. The van der Waals surface area contributed by atoms with Gasteiger partial charge in [-0.25, -0.2) is 17.9 Å². The number of carbonyl (C=O) groups is 1. The molecule has 1 aromatic heterocycles. The van der Waals surface area contributed by atoms with Crippen LogP contribution < -0.4 is 5.73 Å². The summed E-state index contributed by atoms with van der Waals surface area (Å²) in [5.74, 6) is -1.55. The zero-order chi connectivity index (χ0) is 20.7. The normalized spacial score (nSPS) is 12.3. The van der Waals surface area contributed by atoms with Gasteiger partial charge in [0, 0.05) is 10.7 Å². The largest absolute Gasteiger partial charge is 0.461 e. The first-order chi connectivity index (χ1) is 12.3. The van der Waals surface area contributed by atoms with Gasteiger partial charge < -0.3 is 10.5 Å². The van der Waals surface area contributed by atoms with E-state index in [9.17, 15) is 26.4 Å². The highest BCUT2D eigenvalue weighted by atomic mass is 79.9. The van der Waals surface area contributed by atoms with Crippen LogP contribution in [0.5, 0.6) is 0 Å². The van der Waals surface area contributed by atoms with E-state index in [-0.39, 0.29) is 16.8 Å². The zero-order valence-corrected chi connectivity index (χ0v) is 16.9. The summed E-state index contributed by atoms with van der Waals surface area (Å²) in [5, 5.41) is 3.41. The Morgan fingerprint density at radius 2 is 2.00 bits per heavy atom. The van der Waals surface area contributed by atoms with Gasteiger partial charge in [-0.05, 0) is 35.0 Å². The lowest BCUT2D eigenvalue weighted by Gasteiger charge is -2.13. The molecule has 0 spiro atoms. The third-order valence-corrected chi connectivity index (χ3v) is 5.31. The standard InChI is InChI=1S/C14H12BrClF3N3O4S/c1-3-26-13(23)9-11(27(2,24)25)12(20)22(21-9)10-7(15)4-6(5-8(10)16)14(17,18)19/h4-5H,3,20H2,1-2H3. The number of aromatic nitrogens is 2. The van der Waals surface area contributed by atoms with Crippen LogP contribution >= 0.6 is 27.5 Å². The fourth-order valence-corrected chi connectivity index (χ4v) is 4.20. The summed E-state index contributed by atoms with van der Waals surface area (Å²) in [6.07, 6.45) is -3.86. The molecular weight excluding hydrogens is 479 g/mol. The molecule has 27 heavy (non-hydrogen) atoms. The summed E-state index contributed by atoms with van der Waals surface area (Å²) in [7, 11) is -4.02. The van der Waals surface area contributed by atoms with Crippen molar-refractivity contribution in [1.29, 1.82) is 0 Å². The smallest absolute Gasteiger partial charge is 0.416 e. The van der Waals surface area contributed by atoms with Crippen LogP contribution in [0.2, 0.25) is 5.02 Å². The number of benzene rings is 1. The predicted molar refractivity (Wildman–Crippen MR) is 94.8 cm³/mol. The Morgan fingerprint density at radius 1 is 1.41 bits per heavy atom. The minimum atomic E-state index is -4.66. The molecule has 0 amide bonds. The Bertz CT molecular complexity index is 998. The van der Waals surface area contributed by atoms with Crippen molar-refractivity contribution in [3.8, 4) is 5.69 Å². The van der Waals surface area contributed by atoms with Crippen molar-refractivity contribution in [2.75, 3.05) is 18.6 Å². The van der Waals surface area contributed by atoms with Gasteiger partial charge in [0.05, 0.1) is 22.9 Å². The van der Waals surface area contributed by atoms with E-state index in [4.69, 9.17) is 22.1 Å². The molecule has 1 aromatic carbocycles. The van der Waals surface area contributed by atoms with Crippen molar-refractivity contribution in [2.45, 2.75) is 18.0 Å². The van der Waals surface area contributed by atoms with Crippen molar-refractivity contribution in [3.63, 3.8) is 0 Å². The first-order valence-electron chi connectivity index (χ1n) is 7.11. The molecule has 148 valence electrons. The highest BCUT2D eigenvalue weighted by molar-refractivity contribution is 9.10. The van der Waals surface area contributed by atoms with Crippen molar-refractivity contribution in [3.05, 3.63) is 32.9 Å². The fourth-order valence-electron chi connectivity index (χ4n) is 2.22. The summed E-state index contributed by atoms with van der Waals surface area (Å²) in [6, 6.07) is 1.36. The average Bonchev–Trinajstić information content (AvgIpc) is 2.83. The van der Waals surface area contributed by atoms with E-state index in [0.717, 1.165) is 17.0 Å². The lowest BCUT2D eigenvalue weighted by Crippen LogP contribution is -2.11. The maximum Gasteiger partial charge on any atom is 0.416 e. The molecule has 0 bridgehead atoms. The summed E-state index contributed by atoms with van der Waals surface area (Å²) in [4.78, 5) is 11.4. The van der Waals surface area contributed by atoms with Gasteiger partial charge in [-0.15, -0.1) is 0 Å². The van der Waals surface area contributed by atoms with Gasteiger partial charge in [-0.2, -0.15) is 18.3 Å². The van der Waals surface area contributed by atoms with Crippen LogP contribution in [0.15, 0.2) is 21.5 Å². The average molecular weight is 491 g/mol. The number of ether oxygens (including phenoxy) is 1. The zero-order valence-electron chi connectivity index (χ0n) is 13.8. The monoisotopic (exact) mass is 489 g/mol. The van der Waals surface area contributed by atoms with E-state index < -0.39 is 49.0 Å². The van der Waals surface area contributed by atoms with Gasteiger partial charge in [-0.1, -0.05) is 11.6 Å². The second-order valence-corrected chi connectivity index (χ2v) is 8.47. The molecule has 0 fully saturated rings. The number of hydrogen-bond donors (Lipinski definition) is 1. The summed E-state index contributed by atoms with van der Waals surface area (Å²) < 4.78 is 68.2. The molecule has 0 aliphatic heterocycles. The van der Waals surface area contributed by atoms with Crippen LogP contribution in [0.1, 0.15) is 23.0 Å². The first kappa shape index (κ1) is 21.5. The minimum absolute atomic E-state index is 0.0560. The highest BCUT2D eigenvalue weighted by Gasteiger charge is 2.34. The van der Waals surface area contributed by atoms with Crippen LogP contribution in [0.3, 0.4) is 0 Å². The molecule has 2 aromatic rings.